The molecule has 0 N–H and O–H groups in total. The Morgan fingerprint density at radius 2 is 1.89 bits per heavy atom. The third-order valence-corrected chi connectivity index (χ3v) is 4.46. The first-order valence-corrected chi connectivity index (χ1v) is 7.29. The standard InChI is InChI=1S/C16H22OS/c1-15(2,3)13-9-12(11-17-13)10-16(4,5)14-7-6-8-18-14/h6-9,11H,10H2,1-5H3. The highest BCUT2D eigenvalue weighted by Crippen LogP contribution is 2.33. The van der Waals surface area contributed by atoms with E-state index >= 15 is 0 Å². The van der Waals surface area contributed by atoms with Crippen LogP contribution in [0.25, 0.3) is 0 Å². The van der Waals surface area contributed by atoms with Crippen LogP contribution >= 0.6 is 11.3 Å². The summed E-state index contributed by atoms with van der Waals surface area (Å²) in [5.41, 5.74) is 1.55. The molecule has 2 heterocycles. The molecule has 0 aliphatic rings. The van der Waals surface area contributed by atoms with Gasteiger partial charge in [0.15, 0.2) is 0 Å². The lowest BCUT2D eigenvalue weighted by Gasteiger charge is -2.22. The highest BCUT2D eigenvalue weighted by atomic mass is 32.1. The first-order valence-electron chi connectivity index (χ1n) is 6.41. The Morgan fingerprint density at radius 1 is 1.17 bits per heavy atom. The second kappa shape index (κ2) is 4.58. The minimum atomic E-state index is 0.0886. The zero-order chi connectivity index (χ0) is 13.4. The van der Waals surface area contributed by atoms with Gasteiger partial charge in [0.1, 0.15) is 5.76 Å². The van der Waals surface area contributed by atoms with Crippen molar-refractivity contribution < 1.29 is 4.42 Å². The molecule has 0 amide bonds. The molecule has 0 aliphatic heterocycles. The Hall–Kier alpha value is -1.02. The molecular weight excluding hydrogens is 240 g/mol. The molecule has 2 aromatic heterocycles. The molecule has 2 heteroatoms. The molecule has 0 aromatic carbocycles. The molecule has 2 aromatic rings. The molecule has 0 saturated heterocycles. The quantitative estimate of drug-likeness (QED) is 0.744. The minimum absolute atomic E-state index is 0.0886. The van der Waals surface area contributed by atoms with Crippen LogP contribution in [-0.4, -0.2) is 0 Å². The molecule has 0 radical (unpaired) electrons. The molecule has 0 saturated carbocycles. The lowest BCUT2D eigenvalue weighted by Crippen LogP contribution is -2.18. The Bertz CT molecular complexity index is 497. The van der Waals surface area contributed by atoms with Crippen LogP contribution in [0, 0.1) is 0 Å². The average molecular weight is 262 g/mol. The van der Waals surface area contributed by atoms with Crippen molar-refractivity contribution in [1.29, 1.82) is 0 Å². The summed E-state index contributed by atoms with van der Waals surface area (Å²) in [6.45, 7) is 11.1. The second-order valence-electron chi connectivity index (χ2n) is 6.61. The van der Waals surface area contributed by atoms with Gasteiger partial charge in [0.2, 0.25) is 0 Å². The smallest absolute Gasteiger partial charge is 0.109 e. The molecule has 0 spiro atoms. The summed E-state index contributed by atoms with van der Waals surface area (Å²) in [4.78, 5) is 1.43. The highest BCUT2D eigenvalue weighted by molar-refractivity contribution is 7.10. The van der Waals surface area contributed by atoms with Crippen LogP contribution < -0.4 is 0 Å². The maximum atomic E-state index is 5.70. The van der Waals surface area contributed by atoms with Crippen LogP contribution in [0.3, 0.4) is 0 Å². The van der Waals surface area contributed by atoms with Crippen LogP contribution in [0.15, 0.2) is 34.3 Å². The Morgan fingerprint density at radius 3 is 2.39 bits per heavy atom. The van der Waals surface area contributed by atoms with E-state index in [9.17, 15) is 0 Å². The van der Waals surface area contributed by atoms with E-state index in [0.29, 0.717) is 0 Å². The third kappa shape index (κ3) is 2.86. The third-order valence-electron chi connectivity index (χ3n) is 3.23. The molecule has 0 atom stereocenters. The van der Waals surface area contributed by atoms with Gasteiger partial charge in [-0.05, 0) is 29.5 Å². The molecule has 0 bridgehead atoms. The van der Waals surface area contributed by atoms with E-state index < -0.39 is 0 Å². The van der Waals surface area contributed by atoms with Gasteiger partial charge in [0, 0.05) is 15.7 Å². The van der Waals surface area contributed by atoms with Gasteiger partial charge in [-0.3, -0.25) is 0 Å². The first-order chi connectivity index (χ1) is 8.29. The summed E-state index contributed by atoms with van der Waals surface area (Å²) in [5.74, 6) is 1.07. The van der Waals surface area contributed by atoms with Crippen molar-refractivity contribution in [3.8, 4) is 0 Å². The number of hydrogen-bond acceptors (Lipinski definition) is 2. The first kappa shape index (κ1) is 13.4. The lowest BCUT2D eigenvalue weighted by molar-refractivity contribution is 0.408. The fourth-order valence-corrected chi connectivity index (χ4v) is 2.97. The molecule has 98 valence electrons. The van der Waals surface area contributed by atoms with Gasteiger partial charge in [0.25, 0.3) is 0 Å². The summed E-state index contributed by atoms with van der Waals surface area (Å²) >= 11 is 1.83. The predicted octanol–water partition coefficient (Wildman–Crippen LogP) is 5.16. The molecule has 18 heavy (non-hydrogen) atoms. The van der Waals surface area contributed by atoms with Crippen LogP contribution in [-0.2, 0) is 17.3 Å². The summed E-state index contributed by atoms with van der Waals surface area (Å²) in [7, 11) is 0. The molecule has 1 nitrogen and oxygen atoms in total. The molecule has 0 unspecified atom stereocenters. The van der Waals surface area contributed by atoms with Crippen LogP contribution in [0.4, 0.5) is 0 Å². The fraction of sp³-hybridized carbons (Fsp3) is 0.500. The second-order valence-corrected chi connectivity index (χ2v) is 7.55. The van der Waals surface area contributed by atoms with E-state index in [4.69, 9.17) is 4.42 Å². The van der Waals surface area contributed by atoms with Crippen molar-refractivity contribution in [3.05, 3.63) is 46.0 Å². The summed E-state index contributed by atoms with van der Waals surface area (Å²) in [6.07, 6.45) is 2.93. The highest BCUT2D eigenvalue weighted by Gasteiger charge is 2.25. The summed E-state index contributed by atoms with van der Waals surface area (Å²) < 4.78 is 5.70. The van der Waals surface area contributed by atoms with E-state index in [1.54, 1.807) is 0 Å². The van der Waals surface area contributed by atoms with Crippen LogP contribution in [0.2, 0.25) is 0 Å². The van der Waals surface area contributed by atoms with Crippen molar-refractivity contribution in [1.82, 2.24) is 0 Å². The Balaban J connectivity index is 2.17. The van der Waals surface area contributed by atoms with E-state index in [1.165, 1.54) is 10.4 Å². The normalized spacial score (nSPS) is 12.9. The minimum Gasteiger partial charge on any atom is -0.469 e. The maximum Gasteiger partial charge on any atom is 0.109 e. The topological polar surface area (TPSA) is 13.1 Å². The zero-order valence-corrected chi connectivity index (χ0v) is 12.7. The van der Waals surface area contributed by atoms with Crippen molar-refractivity contribution in [2.45, 2.75) is 51.9 Å². The maximum absolute atomic E-state index is 5.70. The largest absolute Gasteiger partial charge is 0.469 e. The number of furan rings is 1. The summed E-state index contributed by atoms with van der Waals surface area (Å²) in [5, 5.41) is 2.15. The van der Waals surface area contributed by atoms with Crippen molar-refractivity contribution in [3.63, 3.8) is 0 Å². The predicted molar refractivity (Wildman–Crippen MR) is 78.5 cm³/mol. The Kier molecular flexibility index (Phi) is 3.41. The van der Waals surface area contributed by atoms with Gasteiger partial charge in [-0.15, -0.1) is 11.3 Å². The van der Waals surface area contributed by atoms with Gasteiger partial charge in [0.05, 0.1) is 6.26 Å². The average Bonchev–Trinajstić information content (AvgIpc) is 2.83. The number of rotatable bonds is 3. The van der Waals surface area contributed by atoms with Gasteiger partial charge in [-0.2, -0.15) is 0 Å². The monoisotopic (exact) mass is 262 g/mol. The van der Waals surface area contributed by atoms with Gasteiger partial charge < -0.3 is 4.42 Å². The summed E-state index contributed by atoms with van der Waals surface area (Å²) in [6, 6.07) is 6.54. The van der Waals surface area contributed by atoms with Gasteiger partial charge in [-0.1, -0.05) is 40.7 Å². The SMILES string of the molecule is CC(C)(C)c1cc(CC(C)(C)c2cccs2)co1. The van der Waals surface area contributed by atoms with Gasteiger partial charge in [-0.25, -0.2) is 0 Å². The van der Waals surface area contributed by atoms with Crippen molar-refractivity contribution in [2.75, 3.05) is 0 Å². The van der Waals surface area contributed by atoms with E-state index in [2.05, 4.69) is 58.2 Å². The lowest BCUT2D eigenvalue weighted by atomic mass is 9.84. The van der Waals surface area contributed by atoms with Crippen LogP contribution in [0.5, 0.6) is 0 Å². The Labute approximate surface area is 114 Å². The fourth-order valence-electron chi connectivity index (χ4n) is 2.12. The number of thiophene rings is 1. The van der Waals surface area contributed by atoms with Crippen molar-refractivity contribution in [2.24, 2.45) is 0 Å². The van der Waals surface area contributed by atoms with E-state index in [0.717, 1.165) is 12.2 Å². The molecule has 0 fully saturated rings. The van der Waals surface area contributed by atoms with E-state index in [1.807, 2.05) is 17.6 Å². The zero-order valence-electron chi connectivity index (χ0n) is 11.9. The van der Waals surface area contributed by atoms with E-state index in [-0.39, 0.29) is 10.8 Å². The molecular formula is C16H22OS. The molecule has 2 rings (SSSR count). The number of hydrogen-bond donors (Lipinski definition) is 0. The van der Waals surface area contributed by atoms with Gasteiger partial charge >= 0.3 is 0 Å². The molecule has 0 aliphatic carbocycles. The van der Waals surface area contributed by atoms with Crippen LogP contribution in [0.1, 0.15) is 50.8 Å². The van der Waals surface area contributed by atoms with Crippen molar-refractivity contribution >= 4 is 11.3 Å².